The van der Waals surface area contributed by atoms with Crippen molar-refractivity contribution in [3.63, 3.8) is 0 Å². The minimum atomic E-state index is -3.58. The molecule has 0 spiro atoms. The van der Waals surface area contributed by atoms with Crippen molar-refractivity contribution in [2.75, 3.05) is 33.3 Å². The average Bonchev–Trinajstić information content (AvgIpc) is 2.94. The van der Waals surface area contributed by atoms with Crippen molar-refractivity contribution < 1.29 is 17.7 Å². The van der Waals surface area contributed by atoms with Crippen LogP contribution in [-0.4, -0.2) is 56.1 Å². The monoisotopic (exact) mass is 379 g/mol. The summed E-state index contributed by atoms with van der Waals surface area (Å²) in [6.45, 7) is 8.65. The molecule has 26 heavy (non-hydrogen) atoms. The van der Waals surface area contributed by atoms with Crippen LogP contribution in [-0.2, 0) is 16.6 Å². The van der Waals surface area contributed by atoms with E-state index in [0.29, 0.717) is 31.9 Å². The maximum absolute atomic E-state index is 13.1. The van der Waals surface area contributed by atoms with Gasteiger partial charge in [0.1, 0.15) is 16.4 Å². The summed E-state index contributed by atoms with van der Waals surface area (Å²) < 4.78 is 38.1. The second-order valence-electron chi connectivity index (χ2n) is 6.64. The van der Waals surface area contributed by atoms with Gasteiger partial charge in [0.05, 0.1) is 12.8 Å². The zero-order valence-electron chi connectivity index (χ0n) is 15.7. The number of methoxy groups -OCH3 is 1. The summed E-state index contributed by atoms with van der Waals surface area (Å²) >= 11 is 0. The third kappa shape index (κ3) is 3.62. The number of benzene rings is 1. The van der Waals surface area contributed by atoms with E-state index in [0.717, 1.165) is 29.1 Å². The van der Waals surface area contributed by atoms with Crippen LogP contribution in [0.3, 0.4) is 0 Å². The Morgan fingerprint density at radius 2 is 1.85 bits per heavy atom. The van der Waals surface area contributed by atoms with Gasteiger partial charge in [-0.15, -0.1) is 0 Å². The Labute approximate surface area is 154 Å². The molecule has 142 valence electrons. The van der Waals surface area contributed by atoms with E-state index in [1.165, 1.54) is 11.4 Å². The first-order valence-corrected chi connectivity index (χ1v) is 10.1. The Bertz CT molecular complexity index is 864. The predicted molar refractivity (Wildman–Crippen MR) is 97.7 cm³/mol. The molecule has 7 nitrogen and oxygen atoms in total. The summed E-state index contributed by atoms with van der Waals surface area (Å²) in [5, 5.41) is 3.98. The fraction of sp³-hybridized carbons (Fsp3) is 0.500. The van der Waals surface area contributed by atoms with Crippen LogP contribution in [0.15, 0.2) is 27.6 Å². The maximum atomic E-state index is 13.1. The zero-order valence-corrected chi connectivity index (χ0v) is 16.5. The average molecular weight is 379 g/mol. The lowest BCUT2D eigenvalue weighted by Gasteiger charge is -2.34. The molecule has 0 aliphatic carbocycles. The van der Waals surface area contributed by atoms with Crippen molar-refractivity contribution in [3.8, 4) is 5.75 Å². The van der Waals surface area contributed by atoms with Gasteiger partial charge in [0, 0.05) is 38.3 Å². The molecule has 2 heterocycles. The van der Waals surface area contributed by atoms with Crippen molar-refractivity contribution in [1.82, 2.24) is 14.4 Å². The summed E-state index contributed by atoms with van der Waals surface area (Å²) in [5.41, 5.74) is 2.87. The van der Waals surface area contributed by atoms with Gasteiger partial charge in [-0.3, -0.25) is 4.90 Å². The quantitative estimate of drug-likeness (QED) is 0.792. The van der Waals surface area contributed by atoms with Gasteiger partial charge in [0.25, 0.3) is 0 Å². The van der Waals surface area contributed by atoms with Gasteiger partial charge < -0.3 is 9.26 Å². The molecule has 0 unspecified atom stereocenters. The van der Waals surface area contributed by atoms with Gasteiger partial charge in [-0.1, -0.05) is 11.2 Å². The van der Waals surface area contributed by atoms with E-state index in [1.54, 1.807) is 12.1 Å². The summed E-state index contributed by atoms with van der Waals surface area (Å²) in [4.78, 5) is 2.46. The first-order valence-electron chi connectivity index (χ1n) is 8.62. The summed E-state index contributed by atoms with van der Waals surface area (Å²) in [5.74, 6) is 1.20. The van der Waals surface area contributed by atoms with Gasteiger partial charge in [-0.25, -0.2) is 8.42 Å². The molecule has 0 atom stereocenters. The van der Waals surface area contributed by atoms with Crippen LogP contribution < -0.4 is 4.74 Å². The van der Waals surface area contributed by atoms with Gasteiger partial charge in [-0.2, -0.15) is 4.31 Å². The molecule has 3 rings (SSSR count). The highest BCUT2D eigenvalue weighted by atomic mass is 32.2. The van der Waals surface area contributed by atoms with E-state index < -0.39 is 10.0 Å². The number of rotatable bonds is 5. The highest BCUT2D eigenvalue weighted by Gasteiger charge is 2.31. The van der Waals surface area contributed by atoms with E-state index in [1.807, 2.05) is 26.8 Å². The topological polar surface area (TPSA) is 75.9 Å². The second kappa shape index (κ2) is 7.38. The highest BCUT2D eigenvalue weighted by molar-refractivity contribution is 7.89. The van der Waals surface area contributed by atoms with Crippen molar-refractivity contribution >= 4 is 10.0 Å². The molecule has 1 saturated heterocycles. The molecular weight excluding hydrogens is 354 g/mol. The van der Waals surface area contributed by atoms with Crippen molar-refractivity contribution in [3.05, 3.63) is 40.8 Å². The van der Waals surface area contributed by atoms with Crippen LogP contribution in [0.5, 0.6) is 5.75 Å². The SMILES string of the molecule is COc1ccc(C)cc1S(=O)(=O)N1CCN(Cc2c(C)noc2C)CC1. The van der Waals surface area contributed by atoms with Crippen LogP contribution in [0.2, 0.25) is 0 Å². The number of hydrogen-bond donors (Lipinski definition) is 0. The number of ether oxygens (including phenoxy) is 1. The Balaban J connectivity index is 1.72. The standard InChI is InChI=1S/C18H25N3O4S/c1-13-5-6-17(24-4)18(11-13)26(22,23)21-9-7-20(8-10-21)12-16-14(2)19-25-15(16)3/h5-6,11H,7-10,12H2,1-4H3. The molecule has 1 aliphatic rings. The van der Waals surface area contributed by atoms with Gasteiger partial charge in [0.15, 0.2) is 0 Å². The van der Waals surface area contributed by atoms with Crippen molar-refractivity contribution in [1.29, 1.82) is 0 Å². The Morgan fingerprint density at radius 3 is 2.42 bits per heavy atom. The number of piperazine rings is 1. The molecule has 8 heteroatoms. The number of hydrogen-bond acceptors (Lipinski definition) is 6. The predicted octanol–water partition coefficient (Wildman–Crippen LogP) is 2.11. The maximum Gasteiger partial charge on any atom is 0.246 e. The van der Waals surface area contributed by atoms with E-state index >= 15 is 0 Å². The van der Waals surface area contributed by atoms with Crippen LogP contribution in [0, 0.1) is 20.8 Å². The third-order valence-corrected chi connectivity index (χ3v) is 6.75. The second-order valence-corrected chi connectivity index (χ2v) is 8.54. The minimum absolute atomic E-state index is 0.235. The number of nitrogens with zero attached hydrogens (tertiary/aromatic N) is 3. The van der Waals surface area contributed by atoms with E-state index in [2.05, 4.69) is 10.1 Å². The Kier molecular flexibility index (Phi) is 5.36. The third-order valence-electron chi connectivity index (χ3n) is 4.83. The lowest BCUT2D eigenvalue weighted by atomic mass is 10.2. The van der Waals surface area contributed by atoms with E-state index in [9.17, 15) is 8.42 Å². The molecule has 1 fully saturated rings. The first-order chi connectivity index (χ1) is 12.3. The molecular formula is C18H25N3O4S. The van der Waals surface area contributed by atoms with Crippen LogP contribution in [0.1, 0.15) is 22.6 Å². The van der Waals surface area contributed by atoms with Crippen LogP contribution >= 0.6 is 0 Å². The number of aromatic nitrogens is 1. The molecule has 1 aliphatic heterocycles. The van der Waals surface area contributed by atoms with Crippen molar-refractivity contribution in [2.24, 2.45) is 0 Å². The molecule has 1 aromatic heterocycles. The summed E-state index contributed by atoms with van der Waals surface area (Å²) in [6.07, 6.45) is 0. The Hall–Kier alpha value is -1.90. The molecule has 1 aromatic carbocycles. The van der Waals surface area contributed by atoms with Gasteiger partial charge >= 0.3 is 0 Å². The van der Waals surface area contributed by atoms with Gasteiger partial charge in [-0.05, 0) is 38.5 Å². The summed E-state index contributed by atoms with van der Waals surface area (Å²) in [7, 11) is -2.09. The fourth-order valence-corrected chi connectivity index (χ4v) is 4.87. The first kappa shape index (κ1) is 18.9. The molecule has 0 N–H and O–H groups in total. The molecule has 0 amide bonds. The highest BCUT2D eigenvalue weighted by Crippen LogP contribution is 2.28. The minimum Gasteiger partial charge on any atom is -0.495 e. The zero-order chi connectivity index (χ0) is 18.9. The largest absolute Gasteiger partial charge is 0.495 e. The molecule has 0 radical (unpaired) electrons. The lowest BCUT2D eigenvalue weighted by molar-refractivity contribution is 0.180. The molecule has 0 bridgehead atoms. The van der Waals surface area contributed by atoms with Crippen LogP contribution in [0.25, 0.3) is 0 Å². The van der Waals surface area contributed by atoms with Gasteiger partial charge in [0.2, 0.25) is 10.0 Å². The van der Waals surface area contributed by atoms with Crippen LogP contribution in [0.4, 0.5) is 0 Å². The van der Waals surface area contributed by atoms with E-state index in [4.69, 9.17) is 9.26 Å². The number of sulfonamides is 1. The molecule has 0 saturated carbocycles. The smallest absolute Gasteiger partial charge is 0.246 e. The fourth-order valence-electron chi connectivity index (χ4n) is 3.20. The lowest BCUT2D eigenvalue weighted by Crippen LogP contribution is -2.48. The normalized spacial score (nSPS) is 16.8. The summed E-state index contributed by atoms with van der Waals surface area (Å²) in [6, 6.07) is 5.22. The van der Waals surface area contributed by atoms with Crippen molar-refractivity contribution in [2.45, 2.75) is 32.2 Å². The Morgan fingerprint density at radius 1 is 1.15 bits per heavy atom. The number of aryl methyl sites for hydroxylation is 3. The molecule has 2 aromatic rings. The van der Waals surface area contributed by atoms with E-state index in [-0.39, 0.29) is 4.90 Å².